The lowest BCUT2D eigenvalue weighted by atomic mass is 10.2. The van der Waals surface area contributed by atoms with E-state index in [1.165, 1.54) is 17.0 Å². The predicted octanol–water partition coefficient (Wildman–Crippen LogP) is 6.29. The van der Waals surface area contributed by atoms with Gasteiger partial charge >= 0.3 is 5.69 Å². The zero-order valence-electron chi connectivity index (χ0n) is 17.6. The molecule has 1 heterocycles. The van der Waals surface area contributed by atoms with E-state index in [9.17, 15) is 29.8 Å². The molecule has 0 atom stereocenters. The zero-order chi connectivity index (χ0) is 25.1. The predicted molar refractivity (Wildman–Crippen MR) is 132 cm³/mol. The highest BCUT2D eigenvalue weighted by molar-refractivity contribution is 9.10. The number of ether oxygens (including phenoxy) is 1. The van der Waals surface area contributed by atoms with E-state index >= 15 is 0 Å². The van der Waals surface area contributed by atoms with E-state index in [-0.39, 0.29) is 28.2 Å². The number of hydrogen-bond acceptors (Lipinski definition) is 8. The summed E-state index contributed by atoms with van der Waals surface area (Å²) in [7, 11) is 0. The molecule has 1 fully saturated rings. The van der Waals surface area contributed by atoms with Gasteiger partial charge in [-0.1, -0.05) is 46.3 Å². The number of thioether (sulfide) groups is 1. The summed E-state index contributed by atoms with van der Waals surface area (Å²) in [6, 6.07) is 16.7. The lowest BCUT2D eigenvalue weighted by Crippen LogP contribution is -2.27. The molecule has 12 heteroatoms. The number of amides is 2. The molecule has 0 spiro atoms. The Labute approximate surface area is 210 Å². The molecular formula is C23H14BrN3O7S. The summed E-state index contributed by atoms with van der Waals surface area (Å²) in [5.41, 5.74) is 0.454. The van der Waals surface area contributed by atoms with Crippen LogP contribution in [0.25, 0.3) is 6.08 Å². The summed E-state index contributed by atoms with van der Waals surface area (Å²) < 4.78 is 6.34. The zero-order valence-corrected chi connectivity index (χ0v) is 20.0. The van der Waals surface area contributed by atoms with Crippen molar-refractivity contribution in [3.05, 3.63) is 107 Å². The lowest BCUT2D eigenvalue weighted by Gasteiger charge is -2.13. The van der Waals surface area contributed by atoms with Crippen LogP contribution in [-0.2, 0) is 11.3 Å². The van der Waals surface area contributed by atoms with Crippen molar-refractivity contribution in [3.8, 4) is 11.5 Å². The second kappa shape index (κ2) is 10.1. The molecule has 1 aliphatic heterocycles. The van der Waals surface area contributed by atoms with Crippen LogP contribution in [0.15, 0.2) is 76.1 Å². The molecule has 0 bridgehead atoms. The minimum absolute atomic E-state index is 0.143. The van der Waals surface area contributed by atoms with Gasteiger partial charge in [0.1, 0.15) is 5.75 Å². The quantitative estimate of drug-likeness (QED) is 0.188. The number of nitro benzene ring substituents is 2. The fourth-order valence-corrected chi connectivity index (χ4v) is 4.44. The maximum Gasteiger partial charge on any atom is 0.318 e. The molecule has 1 saturated heterocycles. The van der Waals surface area contributed by atoms with Crippen LogP contribution in [0.3, 0.4) is 0 Å². The van der Waals surface area contributed by atoms with Crippen molar-refractivity contribution >= 4 is 56.3 Å². The topological polar surface area (TPSA) is 133 Å². The van der Waals surface area contributed by atoms with E-state index in [1.807, 2.05) is 24.3 Å². The molecule has 0 saturated carbocycles. The van der Waals surface area contributed by atoms with Crippen LogP contribution in [0.4, 0.5) is 16.2 Å². The van der Waals surface area contributed by atoms with E-state index < -0.39 is 27.1 Å². The smallest absolute Gasteiger partial charge is 0.318 e. The second-order valence-electron chi connectivity index (χ2n) is 7.20. The Morgan fingerprint density at radius 2 is 1.69 bits per heavy atom. The average molecular weight is 556 g/mol. The Morgan fingerprint density at radius 1 is 0.971 bits per heavy atom. The second-order valence-corrected chi connectivity index (χ2v) is 9.04. The van der Waals surface area contributed by atoms with Gasteiger partial charge in [0, 0.05) is 10.5 Å². The molecule has 0 unspecified atom stereocenters. The molecule has 0 N–H and O–H groups in total. The third-order valence-electron chi connectivity index (χ3n) is 4.92. The first kappa shape index (κ1) is 24.1. The van der Waals surface area contributed by atoms with Gasteiger partial charge in [0.05, 0.1) is 27.4 Å². The lowest BCUT2D eigenvalue weighted by molar-refractivity contribution is -0.394. The fourth-order valence-electron chi connectivity index (χ4n) is 3.19. The Kier molecular flexibility index (Phi) is 6.94. The highest BCUT2D eigenvalue weighted by Gasteiger charge is 2.35. The van der Waals surface area contributed by atoms with Crippen LogP contribution in [0.1, 0.15) is 11.1 Å². The summed E-state index contributed by atoms with van der Waals surface area (Å²) in [5, 5.41) is 21.8. The number of hydrogen-bond donors (Lipinski definition) is 0. The van der Waals surface area contributed by atoms with E-state index in [0.29, 0.717) is 5.56 Å². The first-order valence-electron chi connectivity index (χ1n) is 9.92. The fraction of sp³-hybridized carbons (Fsp3) is 0.0435. The summed E-state index contributed by atoms with van der Waals surface area (Å²) in [6.07, 6.45) is 1.57. The molecule has 3 aromatic rings. The SMILES string of the molecule is O=C1S/C(=C\c2ccc(Oc3ccc([N+](=O)[O-])cc3[N+](=O)[O-])cc2)C(=O)N1Cc1ccccc1Br. The number of imide groups is 1. The largest absolute Gasteiger partial charge is 0.450 e. The summed E-state index contributed by atoms with van der Waals surface area (Å²) in [4.78, 5) is 47.3. The van der Waals surface area contributed by atoms with Crippen LogP contribution in [0.5, 0.6) is 11.5 Å². The van der Waals surface area contributed by atoms with Crippen molar-refractivity contribution in [2.24, 2.45) is 0 Å². The maximum absolute atomic E-state index is 12.8. The number of carbonyl (C=O) groups is 2. The maximum atomic E-state index is 12.8. The van der Waals surface area contributed by atoms with Gasteiger partial charge < -0.3 is 4.74 Å². The minimum Gasteiger partial charge on any atom is -0.450 e. The molecule has 4 rings (SSSR count). The highest BCUT2D eigenvalue weighted by atomic mass is 79.9. The Morgan fingerprint density at radius 3 is 2.34 bits per heavy atom. The molecule has 0 aliphatic carbocycles. The van der Waals surface area contributed by atoms with Gasteiger partial charge in [-0.15, -0.1) is 0 Å². The molecule has 1 aliphatic rings. The molecule has 35 heavy (non-hydrogen) atoms. The number of nitrogens with zero attached hydrogens (tertiary/aromatic N) is 3. The van der Waals surface area contributed by atoms with Crippen molar-refractivity contribution in [2.75, 3.05) is 0 Å². The van der Waals surface area contributed by atoms with Gasteiger partial charge in [0.15, 0.2) is 0 Å². The summed E-state index contributed by atoms with van der Waals surface area (Å²) in [5.74, 6) is -0.305. The third-order valence-corrected chi connectivity index (χ3v) is 6.60. The molecule has 0 radical (unpaired) electrons. The summed E-state index contributed by atoms with van der Waals surface area (Å²) >= 11 is 4.25. The third kappa shape index (κ3) is 5.39. The number of halogens is 1. The van der Waals surface area contributed by atoms with Gasteiger partial charge in [-0.3, -0.25) is 34.7 Å². The van der Waals surface area contributed by atoms with Crippen LogP contribution in [0, 0.1) is 20.2 Å². The first-order chi connectivity index (χ1) is 16.7. The Hall–Kier alpha value is -4.03. The van der Waals surface area contributed by atoms with Crippen molar-refractivity contribution in [1.82, 2.24) is 4.90 Å². The van der Waals surface area contributed by atoms with E-state index in [4.69, 9.17) is 4.74 Å². The average Bonchev–Trinajstić information content (AvgIpc) is 3.09. The number of benzene rings is 3. The van der Waals surface area contributed by atoms with E-state index in [1.54, 1.807) is 18.2 Å². The molecule has 3 aromatic carbocycles. The van der Waals surface area contributed by atoms with Crippen LogP contribution in [0.2, 0.25) is 0 Å². The molecular weight excluding hydrogens is 542 g/mol. The molecule has 0 aromatic heterocycles. The van der Waals surface area contributed by atoms with Gasteiger partial charge in [-0.05, 0) is 53.2 Å². The van der Waals surface area contributed by atoms with Crippen molar-refractivity contribution in [3.63, 3.8) is 0 Å². The van der Waals surface area contributed by atoms with Crippen molar-refractivity contribution < 1.29 is 24.2 Å². The number of non-ortho nitro benzene ring substituents is 1. The highest BCUT2D eigenvalue weighted by Crippen LogP contribution is 2.36. The van der Waals surface area contributed by atoms with Crippen LogP contribution < -0.4 is 4.74 Å². The number of nitro groups is 2. The molecule has 2 amide bonds. The van der Waals surface area contributed by atoms with Crippen LogP contribution in [-0.4, -0.2) is 25.9 Å². The van der Waals surface area contributed by atoms with Gasteiger partial charge in [-0.2, -0.15) is 0 Å². The minimum atomic E-state index is -0.763. The van der Waals surface area contributed by atoms with E-state index in [2.05, 4.69) is 15.9 Å². The number of carbonyl (C=O) groups excluding carboxylic acids is 2. The summed E-state index contributed by atoms with van der Waals surface area (Å²) in [6.45, 7) is 0.143. The van der Waals surface area contributed by atoms with E-state index in [0.717, 1.165) is 40.0 Å². The standard InChI is InChI=1S/C23H14BrN3O7S/c24-18-4-2-1-3-15(18)13-25-22(28)21(35-23(25)29)11-14-5-8-17(9-6-14)34-20-10-7-16(26(30)31)12-19(20)27(32)33/h1-12H,13H2/b21-11-. The van der Waals surface area contributed by atoms with Gasteiger partial charge in [0.25, 0.3) is 16.8 Å². The van der Waals surface area contributed by atoms with Gasteiger partial charge in [0.2, 0.25) is 5.75 Å². The van der Waals surface area contributed by atoms with Crippen molar-refractivity contribution in [1.29, 1.82) is 0 Å². The van der Waals surface area contributed by atoms with Gasteiger partial charge in [-0.25, -0.2) is 0 Å². The first-order valence-corrected chi connectivity index (χ1v) is 11.5. The van der Waals surface area contributed by atoms with Crippen LogP contribution >= 0.6 is 27.7 Å². The normalized spacial score (nSPS) is 14.4. The molecule has 176 valence electrons. The Balaban J connectivity index is 1.50. The molecule has 10 nitrogen and oxygen atoms in total. The monoisotopic (exact) mass is 555 g/mol. The number of rotatable bonds is 7. The Bertz CT molecular complexity index is 1390. The van der Waals surface area contributed by atoms with Crippen molar-refractivity contribution in [2.45, 2.75) is 6.54 Å².